The Morgan fingerprint density at radius 3 is 2.32 bits per heavy atom. The zero-order valence-corrected chi connectivity index (χ0v) is 17.6. The smallest absolute Gasteiger partial charge is 0.251 e. The van der Waals surface area contributed by atoms with E-state index in [9.17, 15) is 4.79 Å². The average Bonchev–Trinajstić information content (AvgIpc) is 3.24. The lowest BCUT2D eigenvalue weighted by molar-refractivity contribution is 0.0631. The Morgan fingerprint density at radius 1 is 0.964 bits per heavy atom. The minimum absolute atomic E-state index is 0.0267. The lowest BCUT2D eigenvalue weighted by atomic mass is 9.92. The number of hydrogen-bond donors (Lipinski definition) is 1. The molecule has 2 saturated carbocycles. The number of amides is 1. The van der Waals surface area contributed by atoms with Crippen molar-refractivity contribution in [2.75, 3.05) is 13.1 Å². The van der Waals surface area contributed by atoms with Gasteiger partial charge >= 0.3 is 0 Å². The molecule has 2 aliphatic carbocycles. The first kappa shape index (κ1) is 20.0. The number of rotatable bonds is 5. The fourth-order valence-electron chi connectivity index (χ4n) is 5.06. The molecule has 1 aromatic carbocycles. The highest BCUT2D eigenvalue weighted by atomic mass is 35.5. The third-order valence-electron chi connectivity index (χ3n) is 6.75. The van der Waals surface area contributed by atoms with Gasteiger partial charge in [-0.3, -0.25) is 4.79 Å². The zero-order valence-electron chi connectivity index (χ0n) is 16.8. The molecule has 1 heterocycles. The molecule has 0 spiro atoms. The largest absolute Gasteiger partial charge is 0.489 e. The summed E-state index contributed by atoms with van der Waals surface area (Å²) in [5.74, 6) is 0.677. The summed E-state index contributed by atoms with van der Waals surface area (Å²) in [6.45, 7) is 2.24. The van der Waals surface area contributed by atoms with Crippen LogP contribution in [0.15, 0.2) is 18.2 Å². The van der Waals surface area contributed by atoms with Gasteiger partial charge in [-0.15, -0.1) is 0 Å². The second-order valence-corrected chi connectivity index (χ2v) is 9.15. The number of carbonyl (C=O) groups is 1. The van der Waals surface area contributed by atoms with E-state index < -0.39 is 0 Å². The van der Waals surface area contributed by atoms with Crippen molar-refractivity contribution in [3.8, 4) is 5.75 Å². The van der Waals surface area contributed by atoms with Crippen molar-refractivity contribution in [1.29, 1.82) is 0 Å². The third kappa shape index (κ3) is 5.01. The summed E-state index contributed by atoms with van der Waals surface area (Å²) in [7, 11) is 0. The molecule has 4 rings (SSSR count). The Hall–Kier alpha value is -1.26. The van der Waals surface area contributed by atoms with E-state index in [1.807, 2.05) is 12.1 Å². The minimum Gasteiger partial charge on any atom is -0.489 e. The van der Waals surface area contributed by atoms with Crippen molar-refractivity contribution in [3.05, 3.63) is 28.8 Å². The summed E-state index contributed by atoms with van der Waals surface area (Å²) >= 11 is 6.44. The van der Waals surface area contributed by atoms with E-state index in [0.29, 0.717) is 22.4 Å². The maximum atomic E-state index is 12.4. The SMILES string of the molecule is O=C(NC1CCCC1)c1ccc(OC2CCN(C3CCCCC3)CC2)c(Cl)c1. The van der Waals surface area contributed by atoms with Crippen molar-refractivity contribution in [2.45, 2.75) is 88.8 Å². The van der Waals surface area contributed by atoms with E-state index in [0.717, 1.165) is 44.8 Å². The Balaban J connectivity index is 1.28. The summed E-state index contributed by atoms with van der Waals surface area (Å²) in [4.78, 5) is 15.1. The van der Waals surface area contributed by atoms with Crippen LogP contribution in [-0.2, 0) is 0 Å². The molecule has 0 bridgehead atoms. The third-order valence-corrected chi connectivity index (χ3v) is 7.04. The molecule has 1 aliphatic heterocycles. The van der Waals surface area contributed by atoms with Gasteiger partial charge in [0.05, 0.1) is 5.02 Å². The standard InChI is InChI=1S/C23H33ClN2O2/c24-21-16-17(23(27)25-18-6-4-5-7-18)10-11-22(21)28-20-12-14-26(15-13-20)19-8-2-1-3-9-19/h10-11,16,18-20H,1-9,12-15H2,(H,25,27). The van der Waals surface area contributed by atoms with Crippen molar-refractivity contribution < 1.29 is 9.53 Å². The monoisotopic (exact) mass is 404 g/mol. The molecule has 0 unspecified atom stereocenters. The van der Waals surface area contributed by atoms with E-state index in [-0.39, 0.29) is 12.0 Å². The molecule has 5 heteroatoms. The van der Waals surface area contributed by atoms with E-state index >= 15 is 0 Å². The van der Waals surface area contributed by atoms with Crippen molar-refractivity contribution in [1.82, 2.24) is 10.2 Å². The normalized spacial score (nSPS) is 23.0. The number of carbonyl (C=O) groups excluding carboxylic acids is 1. The van der Waals surface area contributed by atoms with Crippen LogP contribution >= 0.6 is 11.6 Å². The maximum absolute atomic E-state index is 12.4. The maximum Gasteiger partial charge on any atom is 0.251 e. The number of piperidine rings is 1. The summed E-state index contributed by atoms with van der Waals surface area (Å²) in [6.07, 6.45) is 13.8. The Labute approximate surface area is 174 Å². The van der Waals surface area contributed by atoms with Gasteiger partial charge in [0, 0.05) is 30.7 Å². The minimum atomic E-state index is -0.0267. The Morgan fingerprint density at radius 2 is 1.64 bits per heavy atom. The number of nitrogens with one attached hydrogen (secondary N) is 1. The number of benzene rings is 1. The van der Waals surface area contributed by atoms with Gasteiger partial charge in [-0.2, -0.15) is 0 Å². The highest BCUT2D eigenvalue weighted by molar-refractivity contribution is 6.32. The molecular weight excluding hydrogens is 372 g/mol. The molecule has 4 nitrogen and oxygen atoms in total. The second kappa shape index (κ2) is 9.49. The molecule has 1 saturated heterocycles. The van der Waals surface area contributed by atoms with Gasteiger partial charge in [0.1, 0.15) is 11.9 Å². The average molecular weight is 405 g/mol. The Kier molecular flexibility index (Phi) is 6.79. The lowest BCUT2D eigenvalue weighted by Crippen LogP contribution is -2.44. The van der Waals surface area contributed by atoms with E-state index in [4.69, 9.17) is 16.3 Å². The van der Waals surface area contributed by atoms with E-state index in [1.165, 1.54) is 44.9 Å². The predicted octanol–water partition coefficient (Wildman–Crippen LogP) is 5.19. The molecule has 3 aliphatic rings. The van der Waals surface area contributed by atoms with Crippen molar-refractivity contribution in [3.63, 3.8) is 0 Å². The van der Waals surface area contributed by atoms with Gasteiger partial charge in [0.25, 0.3) is 5.91 Å². The summed E-state index contributed by atoms with van der Waals surface area (Å²) in [5.41, 5.74) is 0.622. The van der Waals surface area contributed by atoms with Crippen LogP contribution in [0.2, 0.25) is 5.02 Å². The van der Waals surface area contributed by atoms with Crippen LogP contribution in [0.3, 0.4) is 0 Å². The summed E-state index contributed by atoms with van der Waals surface area (Å²) in [5, 5.41) is 3.65. The summed E-state index contributed by atoms with van der Waals surface area (Å²) in [6, 6.07) is 6.55. The van der Waals surface area contributed by atoms with Crippen molar-refractivity contribution >= 4 is 17.5 Å². The molecule has 0 aromatic heterocycles. The van der Waals surface area contributed by atoms with Crippen LogP contribution in [0.4, 0.5) is 0 Å². The van der Waals surface area contributed by atoms with E-state index in [1.54, 1.807) is 6.07 Å². The van der Waals surface area contributed by atoms with E-state index in [2.05, 4.69) is 10.2 Å². The highest BCUT2D eigenvalue weighted by Gasteiger charge is 2.27. The number of ether oxygens (including phenoxy) is 1. The number of likely N-dealkylation sites (tertiary alicyclic amines) is 1. The first-order chi connectivity index (χ1) is 13.7. The first-order valence-electron chi connectivity index (χ1n) is 11.2. The van der Waals surface area contributed by atoms with Crippen LogP contribution < -0.4 is 10.1 Å². The van der Waals surface area contributed by atoms with Gasteiger partial charge in [-0.25, -0.2) is 0 Å². The van der Waals surface area contributed by atoms with Crippen molar-refractivity contribution in [2.24, 2.45) is 0 Å². The van der Waals surface area contributed by atoms with Crippen LogP contribution in [0.1, 0.15) is 81.0 Å². The number of nitrogens with zero attached hydrogens (tertiary/aromatic N) is 1. The molecule has 154 valence electrons. The molecule has 1 N–H and O–H groups in total. The van der Waals surface area contributed by atoms with Gasteiger partial charge in [-0.1, -0.05) is 43.7 Å². The lowest BCUT2D eigenvalue weighted by Gasteiger charge is -2.39. The number of halogens is 1. The topological polar surface area (TPSA) is 41.6 Å². The summed E-state index contributed by atoms with van der Waals surface area (Å²) < 4.78 is 6.20. The molecule has 1 aromatic rings. The molecule has 3 fully saturated rings. The predicted molar refractivity (Wildman–Crippen MR) is 113 cm³/mol. The van der Waals surface area contributed by atoms with Gasteiger partial charge in [0.2, 0.25) is 0 Å². The van der Waals surface area contributed by atoms with Gasteiger partial charge in [0.15, 0.2) is 0 Å². The zero-order chi connectivity index (χ0) is 19.3. The first-order valence-corrected chi connectivity index (χ1v) is 11.6. The van der Waals surface area contributed by atoms with Crippen LogP contribution in [0.25, 0.3) is 0 Å². The Bertz CT molecular complexity index is 661. The van der Waals surface area contributed by atoms with Crippen LogP contribution in [0, 0.1) is 0 Å². The van der Waals surface area contributed by atoms with Crippen LogP contribution in [0.5, 0.6) is 5.75 Å². The second-order valence-electron chi connectivity index (χ2n) is 8.75. The van der Waals surface area contributed by atoms with Gasteiger partial charge < -0.3 is 15.0 Å². The molecule has 0 radical (unpaired) electrons. The van der Waals surface area contributed by atoms with Gasteiger partial charge in [-0.05, 0) is 56.7 Å². The fourth-order valence-corrected chi connectivity index (χ4v) is 5.29. The molecule has 1 amide bonds. The molecule has 0 atom stereocenters. The van der Waals surface area contributed by atoms with Crippen LogP contribution in [-0.4, -0.2) is 42.1 Å². The molecule has 28 heavy (non-hydrogen) atoms. The quantitative estimate of drug-likeness (QED) is 0.734. The highest BCUT2D eigenvalue weighted by Crippen LogP contribution is 2.30. The number of hydrogen-bond acceptors (Lipinski definition) is 3. The molecular formula is C23H33ClN2O2. The fraction of sp³-hybridized carbons (Fsp3) is 0.696.